The van der Waals surface area contributed by atoms with Crippen LogP contribution in [0, 0.1) is 6.92 Å². The SMILES string of the molecule is Cc1csc(CNc2ccc(N)c(C(=O)O)c2)n1. The number of hydrogen-bond donors (Lipinski definition) is 3. The fourth-order valence-corrected chi connectivity index (χ4v) is 2.22. The molecular weight excluding hydrogens is 250 g/mol. The molecule has 6 heteroatoms. The van der Waals surface area contributed by atoms with Gasteiger partial charge in [-0.3, -0.25) is 0 Å². The molecule has 0 aliphatic carbocycles. The molecule has 5 nitrogen and oxygen atoms in total. The first-order valence-corrected chi connectivity index (χ1v) is 6.22. The Morgan fingerprint density at radius 3 is 2.94 bits per heavy atom. The van der Waals surface area contributed by atoms with Crippen molar-refractivity contribution in [3.8, 4) is 0 Å². The van der Waals surface area contributed by atoms with E-state index in [0.717, 1.165) is 16.4 Å². The van der Waals surface area contributed by atoms with E-state index < -0.39 is 5.97 Å². The minimum absolute atomic E-state index is 0.107. The van der Waals surface area contributed by atoms with E-state index in [1.807, 2.05) is 12.3 Å². The van der Waals surface area contributed by atoms with Gasteiger partial charge in [0.05, 0.1) is 12.1 Å². The van der Waals surface area contributed by atoms with Crippen LogP contribution in [0.25, 0.3) is 0 Å². The Balaban J connectivity index is 2.10. The molecule has 0 saturated heterocycles. The quantitative estimate of drug-likeness (QED) is 0.737. The predicted octanol–water partition coefficient (Wildman–Crippen LogP) is 2.34. The number of hydrogen-bond acceptors (Lipinski definition) is 5. The standard InChI is InChI=1S/C12H13N3O2S/c1-7-6-18-11(15-7)5-14-8-2-3-10(13)9(4-8)12(16)17/h2-4,6,14H,5,13H2,1H3,(H,16,17). The lowest BCUT2D eigenvalue weighted by molar-refractivity contribution is 0.0698. The second-order valence-corrected chi connectivity index (χ2v) is 4.79. The average molecular weight is 263 g/mol. The number of anilines is 2. The Hall–Kier alpha value is -2.08. The van der Waals surface area contributed by atoms with E-state index in [9.17, 15) is 4.79 Å². The maximum absolute atomic E-state index is 10.9. The Bertz CT molecular complexity index is 580. The third kappa shape index (κ3) is 2.78. The molecule has 1 heterocycles. The van der Waals surface area contributed by atoms with E-state index in [2.05, 4.69) is 10.3 Å². The van der Waals surface area contributed by atoms with Crippen molar-refractivity contribution in [3.63, 3.8) is 0 Å². The second-order valence-electron chi connectivity index (χ2n) is 3.84. The Morgan fingerprint density at radius 1 is 1.56 bits per heavy atom. The minimum Gasteiger partial charge on any atom is -0.478 e. The number of nitrogen functional groups attached to an aromatic ring is 1. The number of nitrogens with zero attached hydrogens (tertiary/aromatic N) is 1. The number of aromatic carboxylic acids is 1. The zero-order chi connectivity index (χ0) is 13.1. The van der Waals surface area contributed by atoms with Crippen molar-refractivity contribution in [1.82, 2.24) is 4.98 Å². The Labute approximate surface area is 108 Å². The number of aromatic nitrogens is 1. The zero-order valence-electron chi connectivity index (χ0n) is 9.80. The van der Waals surface area contributed by atoms with Crippen LogP contribution in [0.5, 0.6) is 0 Å². The van der Waals surface area contributed by atoms with Crippen LogP contribution < -0.4 is 11.1 Å². The van der Waals surface area contributed by atoms with Crippen LogP contribution in [0.15, 0.2) is 23.6 Å². The molecule has 0 bridgehead atoms. The summed E-state index contributed by atoms with van der Waals surface area (Å²) in [7, 11) is 0. The van der Waals surface area contributed by atoms with Gasteiger partial charge in [0.2, 0.25) is 0 Å². The number of nitrogens with one attached hydrogen (secondary N) is 1. The molecule has 2 aromatic rings. The number of aryl methyl sites for hydroxylation is 1. The molecule has 0 spiro atoms. The Kier molecular flexibility index (Phi) is 3.47. The summed E-state index contributed by atoms with van der Waals surface area (Å²) in [6.07, 6.45) is 0. The first-order chi connectivity index (χ1) is 8.56. The third-order valence-electron chi connectivity index (χ3n) is 2.39. The van der Waals surface area contributed by atoms with Crippen molar-refractivity contribution in [2.45, 2.75) is 13.5 Å². The van der Waals surface area contributed by atoms with Gasteiger partial charge >= 0.3 is 5.97 Å². The topological polar surface area (TPSA) is 88.2 Å². The molecule has 0 radical (unpaired) electrons. The molecule has 0 atom stereocenters. The van der Waals surface area contributed by atoms with E-state index in [4.69, 9.17) is 10.8 Å². The largest absolute Gasteiger partial charge is 0.478 e. The summed E-state index contributed by atoms with van der Waals surface area (Å²) < 4.78 is 0. The van der Waals surface area contributed by atoms with Gasteiger partial charge in [0.1, 0.15) is 5.01 Å². The van der Waals surface area contributed by atoms with Gasteiger partial charge in [-0.25, -0.2) is 9.78 Å². The molecule has 4 N–H and O–H groups in total. The first kappa shape index (κ1) is 12.4. The fourth-order valence-electron chi connectivity index (χ4n) is 1.51. The lowest BCUT2D eigenvalue weighted by Crippen LogP contribution is -2.05. The van der Waals surface area contributed by atoms with Crippen LogP contribution in [0.4, 0.5) is 11.4 Å². The van der Waals surface area contributed by atoms with E-state index >= 15 is 0 Å². The summed E-state index contributed by atoms with van der Waals surface area (Å²) in [6, 6.07) is 4.86. The van der Waals surface area contributed by atoms with Crippen molar-refractivity contribution < 1.29 is 9.90 Å². The van der Waals surface area contributed by atoms with Gasteiger partial charge in [0.15, 0.2) is 0 Å². The number of carboxylic acid groups (broad SMARTS) is 1. The van der Waals surface area contributed by atoms with Crippen LogP contribution in [-0.2, 0) is 6.54 Å². The normalized spacial score (nSPS) is 10.3. The highest BCUT2D eigenvalue weighted by Crippen LogP contribution is 2.19. The van der Waals surface area contributed by atoms with Gasteiger partial charge in [-0.2, -0.15) is 0 Å². The number of benzene rings is 1. The number of nitrogens with two attached hydrogens (primary N) is 1. The fraction of sp³-hybridized carbons (Fsp3) is 0.167. The number of thiazole rings is 1. The van der Waals surface area contributed by atoms with Crippen molar-refractivity contribution >= 4 is 28.7 Å². The van der Waals surface area contributed by atoms with Gasteiger partial charge in [-0.05, 0) is 25.1 Å². The summed E-state index contributed by atoms with van der Waals surface area (Å²) in [5.74, 6) is -1.03. The minimum atomic E-state index is -1.03. The van der Waals surface area contributed by atoms with Gasteiger partial charge in [-0.1, -0.05) is 0 Å². The molecule has 0 aliphatic rings. The smallest absolute Gasteiger partial charge is 0.337 e. The van der Waals surface area contributed by atoms with Crippen LogP contribution in [0.1, 0.15) is 21.1 Å². The molecule has 94 valence electrons. The average Bonchev–Trinajstić information content (AvgIpc) is 2.74. The van der Waals surface area contributed by atoms with Gasteiger partial charge < -0.3 is 16.2 Å². The Morgan fingerprint density at radius 2 is 2.33 bits per heavy atom. The highest BCUT2D eigenvalue weighted by Gasteiger charge is 2.08. The lowest BCUT2D eigenvalue weighted by atomic mass is 10.1. The monoisotopic (exact) mass is 263 g/mol. The predicted molar refractivity (Wildman–Crippen MR) is 72.0 cm³/mol. The van der Waals surface area contributed by atoms with E-state index in [0.29, 0.717) is 6.54 Å². The molecule has 18 heavy (non-hydrogen) atoms. The van der Waals surface area contributed by atoms with Crippen molar-refractivity contribution in [1.29, 1.82) is 0 Å². The third-order valence-corrected chi connectivity index (χ3v) is 3.36. The molecule has 0 unspecified atom stereocenters. The zero-order valence-corrected chi connectivity index (χ0v) is 10.6. The maximum Gasteiger partial charge on any atom is 0.337 e. The summed E-state index contributed by atoms with van der Waals surface area (Å²) in [6.45, 7) is 2.51. The number of carbonyl (C=O) groups is 1. The van der Waals surface area contributed by atoms with Gasteiger partial charge in [0.25, 0.3) is 0 Å². The highest BCUT2D eigenvalue weighted by molar-refractivity contribution is 7.09. The van der Waals surface area contributed by atoms with Crippen molar-refractivity contribution in [2.24, 2.45) is 0 Å². The number of carboxylic acids is 1. The summed E-state index contributed by atoms with van der Waals surface area (Å²) >= 11 is 1.57. The van der Waals surface area contributed by atoms with Crippen LogP contribution in [0.3, 0.4) is 0 Å². The molecule has 2 rings (SSSR count). The molecule has 1 aromatic carbocycles. The van der Waals surface area contributed by atoms with Crippen LogP contribution in [-0.4, -0.2) is 16.1 Å². The molecule has 1 aromatic heterocycles. The summed E-state index contributed by atoms with van der Waals surface area (Å²) in [4.78, 5) is 15.2. The maximum atomic E-state index is 10.9. The van der Waals surface area contributed by atoms with Crippen molar-refractivity contribution in [2.75, 3.05) is 11.1 Å². The molecular formula is C12H13N3O2S. The molecule has 0 amide bonds. The molecule has 0 saturated carbocycles. The van der Waals surface area contributed by atoms with E-state index in [1.54, 1.807) is 23.5 Å². The second kappa shape index (κ2) is 5.05. The summed E-state index contributed by atoms with van der Waals surface area (Å²) in [5.41, 5.74) is 7.65. The molecule has 0 aliphatic heterocycles. The van der Waals surface area contributed by atoms with Crippen molar-refractivity contribution in [3.05, 3.63) is 39.8 Å². The first-order valence-electron chi connectivity index (χ1n) is 5.34. The van der Waals surface area contributed by atoms with E-state index in [1.165, 1.54) is 6.07 Å². The van der Waals surface area contributed by atoms with Gasteiger partial charge in [0, 0.05) is 22.4 Å². The molecule has 0 fully saturated rings. The number of rotatable bonds is 4. The van der Waals surface area contributed by atoms with Gasteiger partial charge in [-0.15, -0.1) is 11.3 Å². The highest BCUT2D eigenvalue weighted by atomic mass is 32.1. The lowest BCUT2D eigenvalue weighted by Gasteiger charge is -2.07. The van der Waals surface area contributed by atoms with Crippen LogP contribution in [0.2, 0.25) is 0 Å². The summed E-state index contributed by atoms with van der Waals surface area (Å²) in [5, 5.41) is 15.0. The van der Waals surface area contributed by atoms with E-state index in [-0.39, 0.29) is 11.3 Å². The van der Waals surface area contributed by atoms with Crippen LogP contribution >= 0.6 is 11.3 Å².